The van der Waals surface area contributed by atoms with Gasteiger partial charge in [-0.1, -0.05) is 18.2 Å². The predicted molar refractivity (Wildman–Crippen MR) is 88.2 cm³/mol. The molecule has 0 atom stereocenters. The molecule has 0 amide bonds. The Bertz CT molecular complexity index is 1150. The van der Waals surface area contributed by atoms with Crippen LogP contribution < -0.4 is 0 Å². The molecule has 0 saturated carbocycles. The first-order valence-electron chi connectivity index (χ1n) is 7.65. The number of rotatable bonds is 2. The van der Waals surface area contributed by atoms with Gasteiger partial charge in [-0.2, -0.15) is 9.97 Å². The molecule has 4 aromatic rings. The summed E-state index contributed by atoms with van der Waals surface area (Å²) in [5.74, 6) is -0.591. The van der Waals surface area contributed by atoms with Crippen LogP contribution >= 0.6 is 0 Å². The van der Waals surface area contributed by atoms with E-state index in [2.05, 4.69) is 19.9 Å². The Labute approximate surface area is 145 Å². The van der Waals surface area contributed by atoms with Crippen LogP contribution in [0.1, 0.15) is 26.9 Å². The molecule has 0 aliphatic heterocycles. The summed E-state index contributed by atoms with van der Waals surface area (Å²) in [5.41, 5.74) is 1.12. The average Bonchev–Trinajstić information content (AvgIpc) is 3.30. The number of carbonyl (C=O) groups excluding carboxylic acids is 2. The molecule has 8 heteroatoms. The molecule has 1 aliphatic carbocycles. The molecule has 0 bridgehead atoms. The van der Waals surface area contributed by atoms with Crippen molar-refractivity contribution < 1.29 is 18.4 Å². The second-order valence-corrected chi connectivity index (χ2v) is 5.52. The van der Waals surface area contributed by atoms with Gasteiger partial charge in [-0.25, -0.2) is 9.97 Å². The zero-order valence-corrected chi connectivity index (χ0v) is 13.0. The summed E-state index contributed by atoms with van der Waals surface area (Å²) in [4.78, 5) is 40.8. The summed E-state index contributed by atoms with van der Waals surface area (Å²) in [6.07, 6.45) is 3.98. The average molecular weight is 344 g/mol. The molecule has 3 aromatic heterocycles. The summed E-state index contributed by atoms with van der Waals surface area (Å²) in [6.45, 7) is 0. The molecular formula is C18H8N4O4. The van der Waals surface area contributed by atoms with Crippen LogP contribution in [0.25, 0.3) is 29.0 Å². The highest BCUT2D eigenvalue weighted by molar-refractivity contribution is 6.39. The van der Waals surface area contributed by atoms with Crippen molar-refractivity contribution in [1.82, 2.24) is 19.9 Å². The van der Waals surface area contributed by atoms with Crippen LogP contribution in [0.4, 0.5) is 0 Å². The molecule has 0 saturated heterocycles. The Morgan fingerprint density at radius 2 is 1.46 bits per heavy atom. The second-order valence-electron chi connectivity index (χ2n) is 5.52. The fourth-order valence-corrected chi connectivity index (χ4v) is 2.71. The maximum Gasteiger partial charge on any atom is 0.288 e. The van der Waals surface area contributed by atoms with Crippen LogP contribution in [-0.4, -0.2) is 31.5 Å². The fourth-order valence-electron chi connectivity index (χ4n) is 2.71. The molecule has 26 heavy (non-hydrogen) atoms. The third-order valence-corrected chi connectivity index (χ3v) is 3.90. The van der Waals surface area contributed by atoms with E-state index in [9.17, 15) is 9.59 Å². The minimum absolute atomic E-state index is 0.0310. The van der Waals surface area contributed by atoms with Gasteiger partial charge in [0.25, 0.3) is 11.4 Å². The van der Waals surface area contributed by atoms with Gasteiger partial charge < -0.3 is 8.83 Å². The molecule has 5 rings (SSSR count). The Kier molecular flexibility index (Phi) is 2.93. The molecule has 1 aromatic carbocycles. The number of hydrogen-bond acceptors (Lipinski definition) is 8. The number of benzene rings is 1. The number of fused-ring (bicyclic) bond motifs is 2. The summed E-state index contributed by atoms with van der Waals surface area (Å²) in [6, 6.07) is 9.31. The Morgan fingerprint density at radius 1 is 0.808 bits per heavy atom. The molecule has 0 N–H and O–H groups in total. The highest BCUT2D eigenvalue weighted by atomic mass is 16.4. The standard InChI is InChI=1S/C18H8N4O4/c23-14-10(15(24)13-12(14)19-6-7-20-13)8-11-21-17-18(25-11)22-16(26-17)9-4-2-1-3-5-9/h1-8H. The molecule has 124 valence electrons. The Morgan fingerprint density at radius 3 is 2.12 bits per heavy atom. The number of nitrogens with zero attached hydrogens (tertiary/aromatic N) is 4. The van der Waals surface area contributed by atoms with Crippen LogP contribution in [0.15, 0.2) is 57.1 Å². The topological polar surface area (TPSA) is 112 Å². The normalized spacial score (nSPS) is 13.5. The van der Waals surface area contributed by atoms with Gasteiger partial charge in [-0.15, -0.1) is 0 Å². The van der Waals surface area contributed by atoms with E-state index >= 15 is 0 Å². The largest absolute Gasteiger partial charge is 0.415 e. The summed E-state index contributed by atoms with van der Waals surface area (Å²) in [5, 5.41) is 0. The third kappa shape index (κ3) is 2.09. The van der Waals surface area contributed by atoms with E-state index in [-0.39, 0.29) is 34.3 Å². The second kappa shape index (κ2) is 5.28. The number of ketones is 2. The van der Waals surface area contributed by atoms with E-state index in [1.54, 1.807) is 0 Å². The number of carbonyl (C=O) groups is 2. The van der Waals surface area contributed by atoms with Crippen molar-refractivity contribution in [2.45, 2.75) is 0 Å². The molecule has 0 radical (unpaired) electrons. The number of Topliss-reactive ketones (excluding diaryl/α,β-unsaturated/α-hetero) is 2. The number of oxazole rings is 2. The first-order valence-corrected chi connectivity index (χ1v) is 7.65. The molecule has 1 aliphatic rings. The fraction of sp³-hybridized carbons (Fsp3) is 0. The first kappa shape index (κ1) is 14.4. The van der Waals surface area contributed by atoms with Gasteiger partial charge in [-0.05, 0) is 12.1 Å². The van der Waals surface area contributed by atoms with Crippen molar-refractivity contribution in [3.63, 3.8) is 0 Å². The lowest BCUT2D eigenvalue weighted by atomic mass is 10.1. The van der Waals surface area contributed by atoms with Crippen molar-refractivity contribution in [2.75, 3.05) is 0 Å². The predicted octanol–water partition coefficient (Wildman–Crippen LogP) is 2.74. The molecule has 8 nitrogen and oxygen atoms in total. The van der Waals surface area contributed by atoms with Crippen molar-refractivity contribution in [3.05, 3.63) is 65.6 Å². The van der Waals surface area contributed by atoms with Crippen molar-refractivity contribution in [3.8, 4) is 11.5 Å². The van der Waals surface area contributed by atoms with Gasteiger partial charge in [0.1, 0.15) is 11.4 Å². The van der Waals surface area contributed by atoms with Crippen LogP contribution in [0, 0.1) is 0 Å². The quantitative estimate of drug-likeness (QED) is 0.403. The minimum Gasteiger partial charge on any atom is -0.415 e. The lowest BCUT2D eigenvalue weighted by Gasteiger charge is -1.92. The third-order valence-electron chi connectivity index (χ3n) is 3.90. The maximum absolute atomic E-state index is 12.3. The van der Waals surface area contributed by atoms with Crippen LogP contribution in [0.2, 0.25) is 0 Å². The Hall–Kier alpha value is -3.94. The minimum atomic E-state index is -0.508. The van der Waals surface area contributed by atoms with E-state index in [0.29, 0.717) is 5.89 Å². The van der Waals surface area contributed by atoms with Crippen molar-refractivity contribution >= 4 is 29.1 Å². The molecule has 0 fully saturated rings. The highest BCUT2D eigenvalue weighted by Gasteiger charge is 2.36. The zero-order chi connectivity index (χ0) is 17.7. The number of allylic oxidation sites excluding steroid dienone is 1. The van der Waals surface area contributed by atoms with Gasteiger partial charge in [0.2, 0.25) is 23.3 Å². The molecule has 0 spiro atoms. The van der Waals surface area contributed by atoms with E-state index in [4.69, 9.17) is 8.83 Å². The monoisotopic (exact) mass is 344 g/mol. The van der Waals surface area contributed by atoms with Gasteiger partial charge in [0.15, 0.2) is 0 Å². The van der Waals surface area contributed by atoms with Gasteiger partial charge in [0, 0.05) is 24.0 Å². The SMILES string of the molecule is O=C1C(=Cc2nc3oc(-c4ccccc4)nc3o2)C(=O)c2nccnc21. The smallest absolute Gasteiger partial charge is 0.288 e. The zero-order valence-electron chi connectivity index (χ0n) is 13.0. The van der Waals surface area contributed by atoms with E-state index in [1.807, 2.05) is 30.3 Å². The maximum atomic E-state index is 12.3. The van der Waals surface area contributed by atoms with E-state index < -0.39 is 11.6 Å². The van der Waals surface area contributed by atoms with Gasteiger partial charge >= 0.3 is 0 Å². The molecule has 3 heterocycles. The van der Waals surface area contributed by atoms with Crippen LogP contribution in [-0.2, 0) is 0 Å². The summed E-state index contributed by atoms with van der Waals surface area (Å²) in [7, 11) is 0. The summed E-state index contributed by atoms with van der Waals surface area (Å²) >= 11 is 0. The lowest BCUT2D eigenvalue weighted by Crippen LogP contribution is -2.01. The van der Waals surface area contributed by atoms with Crippen molar-refractivity contribution in [1.29, 1.82) is 0 Å². The van der Waals surface area contributed by atoms with E-state index in [1.165, 1.54) is 18.5 Å². The van der Waals surface area contributed by atoms with Crippen LogP contribution in [0.5, 0.6) is 0 Å². The van der Waals surface area contributed by atoms with Crippen LogP contribution in [0.3, 0.4) is 0 Å². The van der Waals surface area contributed by atoms with E-state index in [0.717, 1.165) is 5.56 Å². The molecular weight excluding hydrogens is 336 g/mol. The highest BCUT2D eigenvalue weighted by Crippen LogP contribution is 2.27. The number of aromatic nitrogens is 4. The number of hydrogen-bond donors (Lipinski definition) is 0. The molecule has 0 unspecified atom stereocenters. The van der Waals surface area contributed by atoms with Gasteiger partial charge in [-0.3, -0.25) is 9.59 Å². The van der Waals surface area contributed by atoms with Crippen molar-refractivity contribution in [2.24, 2.45) is 0 Å². The lowest BCUT2D eigenvalue weighted by molar-refractivity contribution is 0.0987. The first-order chi connectivity index (χ1) is 12.7. The Balaban J connectivity index is 1.53. The van der Waals surface area contributed by atoms with Gasteiger partial charge in [0.05, 0.1) is 5.57 Å². The summed E-state index contributed by atoms with van der Waals surface area (Å²) < 4.78 is 11.1.